The molecule has 0 fully saturated rings. The smallest absolute Gasteiger partial charge is 0.338 e. The third-order valence-corrected chi connectivity index (χ3v) is 3.30. The highest BCUT2D eigenvalue weighted by Gasteiger charge is 2.20. The number of nitrogens with zero attached hydrogens (tertiary/aromatic N) is 1. The fourth-order valence-electron chi connectivity index (χ4n) is 2.01. The third-order valence-electron chi connectivity index (χ3n) is 3.30. The molecule has 0 aliphatic rings. The van der Waals surface area contributed by atoms with Gasteiger partial charge in [0.05, 0.1) is 12.2 Å². The Bertz CT molecular complexity index is 726. The molecule has 0 saturated heterocycles. The van der Waals surface area contributed by atoms with Crippen LogP contribution in [0.2, 0.25) is 0 Å². The van der Waals surface area contributed by atoms with Gasteiger partial charge in [0.15, 0.2) is 0 Å². The summed E-state index contributed by atoms with van der Waals surface area (Å²) >= 11 is 0. The van der Waals surface area contributed by atoms with Crippen molar-refractivity contribution in [3.63, 3.8) is 0 Å². The van der Waals surface area contributed by atoms with Gasteiger partial charge in [-0.2, -0.15) is 0 Å². The van der Waals surface area contributed by atoms with E-state index in [4.69, 9.17) is 4.74 Å². The van der Waals surface area contributed by atoms with Crippen molar-refractivity contribution in [1.29, 1.82) is 0 Å². The number of hydrogen-bond donors (Lipinski definition) is 1. The fourth-order valence-corrected chi connectivity index (χ4v) is 2.01. The Kier molecular flexibility index (Phi) is 5.68. The largest absolute Gasteiger partial charge is 0.462 e. The van der Waals surface area contributed by atoms with Gasteiger partial charge >= 0.3 is 17.8 Å². The molecule has 6 nitrogen and oxygen atoms in total. The maximum absolute atomic E-state index is 12.1. The predicted octanol–water partition coefficient (Wildman–Crippen LogP) is 2.46. The van der Waals surface area contributed by atoms with E-state index in [1.54, 1.807) is 43.3 Å². The van der Waals surface area contributed by atoms with Crippen molar-refractivity contribution in [3.8, 4) is 0 Å². The Balaban J connectivity index is 2.01. The van der Waals surface area contributed by atoms with E-state index in [1.807, 2.05) is 6.07 Å². The zero-order valence-corrected chi connectivity index (χ0v) is 13.5. The zero-order valence-electron chi connectivity index (χ0n) is 13.5. The number of esters is 1. The molecular weight excluding hydrogens is 308 g/mol. The maximum atomic E-state index is 12.1. The standard InChI is InChI=1S/C18H18N2O4/c1-3-24-18(23)13-9-11-14(12-10-13)19-16(21)17(22)20(2)15-7-5-4-6-8-15/h4-12H,3H2,1-2H3,(H,19,21). The molecule has 0 radical (unpaired) electrons. The van der Waals surface area contributed by atoms with Crippen LogP contribution in [-0.2, 0) is 14.3 Å². The van der Waals surface area contributed by atoms with E-state index in [0.717, 1.165) is 0 Å². The Labute approximate surface area is 140 Å². The second kappa shape index (κ2) is 7.92. The average Bonchev–Trinajstić information content (AvgIpc) is 2.62. The van der Waals surface area contributed by atoms with Gasteiger partial charge < -0.3 is 15.0 Å². The van der Waals surface area contributed by atoms with Crippen LogP contribution in [0.4, 0.5) is 11.4 Å². The zero-order chi connectivity index (χ0) is 17.5. The predicted molar refractivity (Wildman–Crippen MR) is 90.9 cm³/mol. The fraction of sp³-hybridized carbons (Fsp3) is 0.167. The minimum absolute atomic E-state index is 0.289. The van der Waals surface area contributed by atoms with E-state index in [1.165, 1.54) is 24.1 Å². The molecule has 2 rings (SSSR count). The molecule has 2 amide bonds. The van der Waals surface area contributed by atoms with E-state index in [-0.39, 0.29) is 6.61 Å². The van der Waals surface area contributed by atoms with E-state index in [0.29, 0.717) is 16.9 Å². The van der Waals surface area contributed by atoms with Crippen molar-refractivity contribution in [2.75, 3.05) is 23.9 Å². The van der Waals surface area contributed by atoms with E-state index < -0.39 is 17.8 Å². The number of anilines is 2. The van der Waals surface area contributed by atoms with Gasteiger partial charge in [-0.1, -0.05) is 18.2 Å². The number of likely N-dealkylation sites (N-methyl/N-ethyl adjacent to an activating group) is 1. The first-order chi connectivity index (χ1) is 11.5. The van der Waals surface area contributed by atoms with Crippen molar-refractivity contribution in [1.82, 2.24) is 0 Å². The van der Waals surface area contributed by atoms with Gasteiger partial charge in [-0.3, -0.25) is 9.59 Å². The van der Waals surface area contributed by atoms with Gasteiger partial charge in [-0.05, 0) is 43.3 Å². The number of rotatable bonds is 4. The van der Waals surface area contributed by atoms with Gasteiger partial charge in [-0.25, -0.2) is 4.79 Å². The summed E-state index contributed by atoms with van der Waals surface area (Å²) in [4.78, 5) is 37.0. The topological polar surface area (TPSA) is 75.7 Å². The lowest BCUT2D eigenvalue weighted by molar-refractivity contribution is -0.134. The van der Waals surface area contributed by atoms with Crippen LogP contribution >= 0.6 is 0 Å². The molecule has 124 valence electrons. The molecule has 0 aliphatic heterocycles. The van der Waals surface area contributed by atoms with Gasteiger partial charge in [0.2, 0.25) is 0 Å². The molecule has 0 spiro atoms. The molecular formula is C18H18N2O4. The SMILES string of the molecule is CCOC(=O)c1ccc(NC(=O)C(=O)N(C)c2ccccc2)cc1. The Morgan fingerprint density at radius 1 is 1.00 bits per heavy atom. The van der Waals surface area contributed by atoms with Crippen LogP contribution < -0.4 is 10.2 Å². The molecule has 2 aromatic rings. The van der Waals surface area contributed by atoms with Crippen molar-refractivity contribution in [2.24, 2.45) is 0 Å². The van der Waals surface area contributed by atoms with Crippen LogP contribution in [0.1, 0.15) is 17.3 Å². The maximum Gasteiger partial charge on any atom is 0.338 e. The Morgan fingerprint density at radius 2 is 1.62 bits per heavy atom. The van der Waals surface area contributed by atoms with Crippen molar-refractivity contribution < 1.29 is 19.1 Å². The summed E-state index contributed by atoms with van der Waals surface area (Å²) in [5, 5.41) is 2.51. The van der Waals surface area contributed by atoms with Gasteiger partial charge in [0.25, 0.3) is 0 Å². The number of amides is 2. The van der Waals surface area contributed by atoms with Gasteiger partial charge in [-0.15, -0.1) is 0 Å². The minimum Gasteiger partial charge on any atom is -0.462 e. The summed E-state index contributed by atoms with van der Waals surface area (Å²) in [5.41, 5.74) is 1.42. The molecule has 0 aromatic heterocycles. The molecule has 1 N–H and O–H groups in total. The lowest BCUT2D eigenvalue weighted by Crippen LogP contribution is -2.37. The Morgan fingerprint density at radius 3 is 2.21 bits per heavy atom. The van der Waals surface area contributed by atoms with Crippen LogP contribution in [0.5, 0.6) is 0 Å². The summed E-state index contributed by atoms with van der Waals surface area (Å²) in [6, 6.07) is 15.0. The average molecular weight is 326 g/mol. The minimum atomic E-state index is -0.759. The van der Waals surface area contributed by atoms with Gasteiger partial charge in [0.1, 0.15) is 0 Å². The first-order valence-electron chi connectivity index (χ1n) is 7.44. The summed E-state index contributed by atoms with van der Waals surface area (Å²) in [6.07, 6.45) is 0. The van der Waals surface area contributed by atoms with Crippen LogP contribution in [0, 0.1) is 0 Å². The van der Waals surface area contributed by atoms with E-state index in [2.05, 4.69) is 5.32 Å². The molecule has 0 aliphatic carbocycles. The number of carbonyl (C=O) groups excluding carboxylic acids is 3. The molecule has 0 unspecified atom stereocenters. The number of para-hydroxylation sites is 1. The quantitative estimate of drug-likeness (QED) is 0.692. The number of nitrogens with one attached hydrogen (secondary N) is 1. The lowest BCUT2D eigenvalue weighted by Gasteiger charge is -2.16. The number of hydrogen-bond acceptors (Lipinski definition) is 4. The normalized spacial score (nSPS) is 9.92. The Hall–Kier alpha value is -3.15. The van der Waals surface area contributed by atoms with Crippen molar-refractivity contribution >= 4 is 29.2 Å². The highest BCUT2D eigenvalue weighted by atomic mass is 16.5. The van der Waals surface area contributed by atoms with Crippen molar-refractivity contribution in [3.05, 3.63) is 60.2 Å². The third kappa shape index (κ3) is 4.19. The first-order valence-corrected chi connectivity index (χ1v) is 7.44. The molecule has 0 atom stereocenters. The number of carbonyl (C=O) groups is 3. The highest BCUT2D eigenvalue weighted by molar-refractivity contribution is 6.44. The summed E-state index contributed by atoms with van der Waals surface area (Å²) in [5.74, 6) is -1.88. The first kappa shape index (κ1) is 17.2. The molecule has 24 heavy (non-hydrogen) atoms. The number of ether oxygens (including phenoxy) is 1. The summed E-state index contributed by atoms with van der Waals surface area (Å²) < 4.78 is 4.88. The van der Waals surface area contributed by atoms with Crippen LogP contribution in [0.3, 0.4) is 0 Å². The van der Waals surface area contributed by atoms with Crippen LogP contribution in [-0.4, -0.2) is 31.4 Å². The summed E-state index contributed by atoms with van der Waals surface area (Å²) in [6.45, 7) is 2.01. The van der Waals surface area contributed by atoms with Gasteiger partial charge in [0, 0.05) is 18.4 Å². The van der Waals surface area contributed by atoms with E-state index >= 15 is 0 Å². The second-order valence-electron chi connectivity index (χ2n) is 4.95. The van der Waals surface area contributed by atoms with Crippen LogP contribution in [0.25, 0.3) is 0 Å². The van der Waals surface area contributed by atoms with Crippen LogP contribution in [0.15, 0.2) is 54.6 Å². The summed E-state index contributed by atoms with van der Waals surface area (Å²) in [7, 11) is 1.53. The second-order valence-corrected chi connectivity index (χ2v) is 4.95. The highest BCUT2D eigenvalue weighted by Crippen LogP contribution is 2.13. The molecule has 2 aromatic carbocycles. The molecule has 0 saturated carbocycles. The monoisotopic (exact) mass is 326 g/mol. The number of benzene rings is 2. The molecule has 0 bridgehead atoms. The van der Waals surface area contributed by atoms with E-state index in [9.17, 15) is 14.4 Å². The molecule has 6 heteroatoms. The molecule has 0 heterocycles. The lowest BCUT2D eigenvalue weighted by atomic mass is 10.2. The van der Waals surface area contributed by atoms with Crippen molar-refractivity contribution in [2.45, 2.75) is 6.92 Å².